The number of piperazine rings is 1. The molecule has 3 N–H and O–H groups in total. The van der Waals surface area contributed by atoms with Crippen molar-refractivity contribution >= 4 is 5.91 Å². The molecular weight excluding hydrogens is 258 g/mol. The first-order chi connectivity index (χ1) is 9.83. The summed E-state index contributed by atoms with van der Waals surface area (Å²) in [6.45, 7) is 3.35. The highest BCUT2D eigenvalue weighted by Crippen LogP contribution is 2.32. The Bertz CT molecular complexity index is 487. The summed E-state index contributed by atoms with van der Waals surface area (Å²) >= 11 is 0. The molecule has 1 unspecified atom stereocenters. The Labute approximate surface area is 117 Å². The first-order valence-electron chi connectivity index (χ1n) is 6.93. The van der Waals surface area contributed by atoms with E-state index in [0.717, 1.165) is 36.6 Å². The first kappa shape index (κ1) is 13.2. The van der Waals surface area contributed by atoms with Crippen LogP contribution in [0.15, 0.2) is 18.2 Å². The van der Waals surface area contributed by atoms with E-state index in [2.05, 4.69) is 16.0 Å². The van der Waals surface area contributed by atoms with Crippen molar-refractivity contribution in [3.05, 3.63) is 23.8 Å². The van der Waals surface area contributed by atoms with Gasteiger partial charge in [0.15, 0.2) is 11.5 Å². The zero-order chi connectivity index (χ0) is 13.8. The molecule has 3 rings (SSSR count). The van der Waals surface area contributed by atoms with Crippen LogP contribution in [0.25, 0.3) is 0 Å². The van der Waals surface area contributed by atoms with Crippen LogP contribution >= 0.6 is 0 Å². The normalized spacial score (nSPS) is 20.7. The summed E-state index contributed by atoms with van der Waals surface area (Å²) in [6.07, 6.45) is 0.780. The molecular formula is C14H19N3O3. The molecule has 108 valence electrons. The molecule has 1 amide bonds. The van der Waals surface area contributed by atoms with E-state index in [9.17, 15) is 4.79 Å². The Morgan fingerprint density at radius 3 is 3.05 bits per heavy atom. The van der Waals surface area contributed by atoms with Gasteiger partial charge < -0.3 is 25.4 Å². The minimum atomic E-state index is -0.125. The number of benzene rings is 1. The molecule has 1 saturated heterocycles. The molecule has 6 heteroatoms. The largest absolute Gasteiger partial charge is 0.454 e. The van der Waals surface area contributed by atoms with E-state index in [1.54, 1.807) is 0 Å². The summed E-state index contributed by atoms with van der Waals surface area (Å²) in [4.78, 5) is 11.9. The Morgan fingerprint density at radius 2 is 2.20 bits per heavy atom. The van der Waals surface area contributed by atoms with Crippen LogP contribution in [0.2, 0.25) is 0 Å². The van der Waals surface area contributed by atoms with Gasteiger partial charge >= 0.3 is 0 Å². The number of amides is 1. The van der Waals surface area contributed by atoms with Crippen LogP contribution in [0.4, 0.5) is 0 Å². The van der Waals surface area contributed by atoms with Crippen LogP contribution in [0, 0.1) is 0 Å². The summed E-state index contributed by atoms with van der Waals surface area (Å²) in [5.74, 6) is 1.63. The third kappa shape index (κ3) is 3.02. The van der Waals surface area contributed by atoms with Gasteiger partial charge in [0.1, 0.15) is 0 Å². The third-order valence-corrected chi connectivity index (χ3v) is 3.51. The highest BCUT2D eigenvalue weighted by atomic mass is 16.7. The third-order valence-electron chi connectivity index (χ3n) is 3.51. The number of carbonyl (C=O) groups excluding carboxylic acids is 1. The number of ether oxygens (including phenoxy) is 2. The highest BCUT2D eigenvalue weighted by Gasteiger charge is 2.19. The Morgan fingerprint density at radius 1 is 1.30 bits per heavy atom. The quantitative estimate of drug-likeness (QED) is 0.701. The highest BCUT2D eigenvalue weighted by molar-refractivity contribution is 5.82. The van der Waals surface area contributed by atoms with Crippen molar-refractivity contribution in [2.75, 3.05) is 33.0 Å². The van der Waals surface area contributed by atoms with Crippen LogP contribution in [0.1, 0.15) is 5.56 Å². The van der Waals surface area contributed by atoms with Gasteiger partial charge in [-0.25, -0.2) is 0 Å². The van der Waals surface area contributed by atoms with Crippen molar-refractivity contribution in [3.8, 4) is 11.5 Å². The van der Waals surface area contributed by atoms with Gasteiger partial charge in [0.05, 0.1) is 6.04 Å². The predicted molar refractivity (Wildman–Crippen MR) is 73.9 cm³/mol. The molecule has 0 aliphatic carbocycles. The molecule has 1 aromatic carbocycles. The van der Waals surface area contributed by atoms with E-state index in [1.807, 2.05) is 18.2 Å². The van der Waals surface area contributed by atoms with E-state index < -0.39 is 0 Å². The molecule has 0 saturated carbocycles. The second kappa shape index (κ2) is 6.11. The van der Waals surface area contributed by atoms with Crippen LogP contribution in [0.5, 0.6) is 11.5 Å². The fourth-order valence-electron chi connectivity index (χ4n) is 2.39. The van der Waals surface area contributed by atoms with Crippen molar-refractivity contribution in [2.45, 2.75) is 12.5 Å². The summed E-state index contributed by atoms with van der Waals surface area (Å²) in [7, 11) is 0. The maximum absolute atomic E-state index is 11.9. The summed E-state index contributed by atoms with van der Waals surface area (Å²) in [6, 6.07) is 5.75. The van der Waals surface area contributed by atoms with Gasteiger partial charge in [0.25, 0.3) is 0 Å². The lowest BCUT2D eigenvalue weighted by Crippen LogP contribution is -2.55. The fourth-order valence-corrected chi connectivity index (χ4v) is 2.39. The summed E-state index contributed by atoms with van der Waals surface area (Å²) in [5.41, 5.74) is 1.13. The van der Waals surface area contributed by atoms with Gasteiger partial charge in [-0.2, -0.15) is 0 Å². The number of hydrogen-bond donors (Lipinski definition) is 3. The lowest BCUT2D eigenvalue weighted by atomic mass is 10.1. The van der Waals surface area contributed by atoms with Crippen molar-refractivity contribution in [2.24, 2.45) is 0 Å². The second-order valence-electron chi connectivity index (χ2n) is 4.94. The molecule has 2 heterocycles. The minimum Gasteiger partial charge on any atom is -0.454 e. The zero-order valence-electron chi connectivity index (χ0n) is 11.3. The molecule has 1 aromatic rings. The first-order valence-corrected chi connectivity index (χ1v) is 6.93. The number of fused-ring (bicyclic) bond motifs is 1. The summed E-state index contributed by atoms with van der Waals surface area (Å²) in [5, 5.41) is 9.34. The lowest BCUT2D eigenvalue weighted by Gasteiger charge is -2.23. The van der Waals surface area contributed by atoms with Gasteiger partial charge in [-0.05, 0) is 24.1 Å². The fraction of sp³-hybridized carbons (Fsp3) is 0.500. The lowest BCUT2D eigenvalue weighted by molar-refractivity contribution is -0.123. The van der Waals surface area contributed by atoms with Crippen LogP contribution in [-0.2, 0) is 11.2 Å². The predicted octanol–water partition coefficient (Wildman–Crippen LogP) is -0.365. The van der Waals surface area contributed by atoms with Gasteiger partial charge in [0, 0.05) is 26.2 Å². The molecule has 0 bridgehead atoms. The molecule has 1 atom stereocenters. The maximum atomic E-state index is 11.9. The van der Waals surface area contributed by atoms with E-state index in [4.69, 9.17) is 9.47 Å². The molecule has 1 fully saturated rings. The number of hydrogen-bond acceptors (Lipinski definition) is 5. The van der Waals surface area contributed by atoms with Crippen LogP contribution in [0.3, 0.4) is 0 Å². The van der Waals surface area contributed by atoms with Gasteiger partial charge in [-0.15, -0.1) is 0 Å². The number of nitrogens with one attached hydrogen (secondary N) is 3. The van der Waals surface area contributed by atoms with Crippen LogP contribution in [-0.4, -0.2) is 44.9 Å². The SMILES string of the molecule is O=C(NCCc1ccc2c(c1)OCO2)C1CNCCN1. The van der Waals surface area contributed by atoms with Crippen LogP contribution < -0.4 is 25.4 Å². The minimum absolute atomic E-state index is 0.0537. The number of carbonyl (C=O) groups is 1. The molecule has 0 aromatic heterocycles. The van der Waals surface area contributed by atoms with E-state index in [1.165, 1.54) is 0 Å². The van der Waals surface area contributed by atoms with Crippen molar-refractivity contribution in [3.63, 3.8) is 0 Å². The molecule has 6 nitrogen and oxygen atoms in total. The zero-order valence-corrected chi connectivity index (χ0v) is 11.3. The topological polar surface area (TPSA) is 71.6 Å². The van der Waals surface area contributed by atoms with E-state index in [-0.39, 0.29) is 18.7 Å². The van der Waals surface area contributed by atoms with E-state index >= 15 is 0 Å². The van der Waals surface area contributed by atoms with Gasteiger partial charge in [-0.3, -0.25) is 4.79 Å². The van der Waals surface area contributed by atoms with Crippen molar-refractivity contribution < 1.29 is 14.3 Å². The Kier molecular flexibility index (Phi) is 4.03. The van der Waals surface area contributed by atoms with Crippen molar-refractivity contribution in [1.82, 2.24) is 16.0 Å². The molecule has 2 aliphatic heterocycles. The Hall–Kier alpha value is -1.79. The average molecular weight is 277 g/mol. The standard InChI is InChI=1S/C14H19N3O3/c18-14(11-8-15-5-6-16-11)17-4-3-10-1-2-12-13(7-10)20-9-19-12/h1-2,7,11,15-16H,3-6,8-9H2,(H,17,18). The summed E-state index contributed by atoms with van der Waals surface area (Å²) < 4.78 is 10.6. The maximum Gasteiger partial charge on any atom is 0.238 e. The monoisotopic (exact) mass is 277 g/mol. The van der Waals surface area contributed by atoms with E-state index in [0.29, 0.717) is 13.1 Å². The molecule has 0 radical (unpaired) electrons. The number of rotatable bonds is 4. The molecule has 20 heavy (non-hydrogen) atoms. The molecule has 2 aliphatic rings. The van der Waals surface area contributed by atoms with Gasteiger partial charge in [-0.1, -0.05) is 6.07 Å². The second-order valence-corrected chi connectivity index (χ2v) is 4.94. The van der Waals surface area contributed by atoms with Crippen molar-refractivity contribution in [1.29, 1.82) is 0 Å². The smallest absolute Gasteiger partial charge is 0.238 e. The Balaban J connectivity index is 1.46. The van der Waals surface area contributed by atoms with Gasteiger partial charge in [0.2, 0.25) is 12.7 Å². The molecule has 0 spiro atoms. The average Bonchev–Trinajstić information content (AvgIpc) is 2.95.